The van der Waals surface area contributed by atoms with E-state index in [1.165, 1.54) is 18.2 Å². The van der Waals surface area contributed by atoms with Crippen molar-refractivity contribution in [3.05, 3.63) is 132 Å². The smallest absolute Gasteiger partial charge is 1.00 e. The molecule has 6 aromatic rings. The second kappa shape index (κ2) is 18.2. The first-order chi connectivity index (χ1) is 22.9. The molecule has 0 spiro atoms. The average Bonchev–Trinajstić information content (AvgIpc) is 3.11. The van der Waals surface area contributed by atoms with E-state index >= 15 is 0 Å². The number of halogens is 1. The van der Waals surface area contributed by atoms with Gasteiger partial charge in [0.2, 0.25) is 0 Å². The second-order valence-corrected chi connectivity index (χ2v) is 10.4. The maximum absolute atomic E-state index is 10.4. The van der Waals surface area contributed by atoms with Gasteiger partial charge in [-0.2, -0.15) is 10.5 Å². The molecule has 0 saturated heterocycles. The van der Waals surface area contributed by atoms with E-state index < -0.39 is 0 Å². The van der Waals surface area contributed by atoms with E-state index in [2.05, 4.69) is 42.7 Å². The fourth-order valence-electron chi connectivity index (χ4n) is 4.50. The van der Waals surface area contributed by atoms with E-state index in [1.54, 1.807) is 43.5 Å². The third kappa shape index (κ3) is 9.79. The minimum absolute atomic E-state index is 0. The predicted molar refractivity (Wildman–Crippen MR) is 182 cm³/mol. The van der Waals surface area contributed by atoms with Gasteiger partial charge in [0.15, 0.2) is 23.1 Å². The predicted octanol–water partition coefficient (Wildman–Crippen LogP) is 1.86. The molecular weight excluding hydrogens is 722 g/mol. The fraction of sp³-hybridized carbons (Fsp3) is 0.0811. The zero-order chi connectivity index (χ0) is 33.2. The van der Waals surface area contributed by atoms with E-state index in [0.717, 1.165) is 33.8 Å². The Balaban J connectivity index is 0.000000255. The van der Waals surface area contributed by atoms with E-state index in [1.807, 2.05) is 74.5 Å². The topological polar surface area (TPSA) is 153 Å². The maximum Gasteiger partial charge on any atom is 1.00 e. The van der Waals surface area contributed by atoms with Gasteiger partial charge in [-0.3, -0.25) is 0 Å². The van der Waals surface area contributed by atoms with Gasteiger partial charge in [-0.1, -0.05) is 59.7 Å². The van der Waals surface area contributed by atoms with E-state index in [9.17, 15) is 5.11 Å². The van der Waals surface area contributed by atoms with E-state index in [4.69, 9.17) is 15.3 Å². The molecule has 0 fully saturated rings. The third-order valence-corrected chi connectivity index (χ3v) is 7.03. The maximum atomic E-state index is 10.4. The number of hydrogen-bond acceptors (Lipinski definition) is 10. The number of aromatic nitrogens is 4. The molecule has 2 aromatic heterocycles. The molecule has 6 rings (SSSR count). The summed E-state index contributed by atoms with van der Waals surface area (Å²) < 4.78 is 5.54. The number of hydrogen-bond donors (Lipinski definition) is 3. The Morgan fingerprint density at radius 3 is 1.45 bits per heavy atom. The Morgan fingerprint density at radius 2 is 1.00 bits per heavy atom. The number of nitrogens with zero attached hydrogens (tertiary/aromatic N) is 6. The molecule has 0 unspecified atom stereocenters. The summed E-state index contributed by atoms with van der Waals surface area (Å²) in [6, 6.07) is 34.0. The van der Waals surface area contributed by atoms with Crippen molar-refractivity contribution in [2.24, 2.45) is 0 Å². The minimum atomic E-state index is -0.0132. The Bertz CT molecular complexity index is 2060. The number of anilines is 4. The quantitative estimate of drug-likeness (QED) is 0.163. The van der Waals surface area contributed by atoms with Crippen LogP contribution in [0.15, 0.2) is 110 Å². The molecule has 0 aliphatic carbocycles. The van der Waals surface area contributed by atoms with Crippen molar-refractivity contribution in [2.75, 3.05) is 17.7 Å². The van der Waals surface area contributed by atoms with Crippen molar-refractivity contribution in [3.63, 3.8) is 0 Å². The first-order valence-corrected chi connectivity index (χ1v) is 14.5. The van der Waals surface area contributed by atoms with Crippen LogP contribution in [-0.2, 0) is 0 Å². The van der Waals surface area contributed by atoms with Gasteiger partial charge in [-0.15, -0.1) is 0 Å². The van der Waals surface area contributed by atoms with Crippen LogP contribution in [0.2, 0.25) is 0 Å². The largest absolute Gasteiger partial charge is 1.00 e. The van der Waals surface area contributed by atoms with Crippen molar-refractivity contribution in [3.8, 4) is 46.2 Å². The van der Waals surface area contributed by atoms with Crippen LogP contribution in [0.5, 0.6) is 11.5 Å². The zero-order valence-electron chi connectivity index (χ0n) is 27.3. The molecule has 3 N–H and O–H groups in total. The Hall–Kier alpha value is -5.45. The van der Waals surface area contributed by atoms with Gasteiger partial charge in [-0.05, 0) is 62.4 Å². The number of nitriles is 2. The van der Waals surface area contributed by atoms with Crippen LogP contribution >= 0.6 is 0 Å². The summed E-state index contributed by atoms with van der Waals surface area (Å²) in [7, 11) is 1.60. The van der Waals surface area contributed by atoms with Crippen LogP contribution in [0.25, 0.3) is 22.5 Å². The van der Waals surface area contributed by atoms with Crippen LogP contribution in [0, 0.1) is 36.5 Å². The van der Waals surface area contributed by atoms with E-state index in [0.29, 0.717) is 34.2 Å². The number of benzene rings is 4. The summed E-state index contributed by atoms with van der Waals surface area (Å²) in [5.74, 6) is 1.46. The summed E-state index contributed by atoms with van der Waals surface area (Å²) in [6.07, 6.45) is 2.91. The first kappa shape index (κ1) is 38.0. The standard InChI is InChI=1S/C19H16N4O.C18H14N4O.HI.Li/c1-13-3-7-15(8-4-13)17-18(24-2)19(22-12-21-17)23-16-9-5-14(11-20)6-10-16;1-12-2-6-14(7-3-12)16-17(23)18(21-11-20-16)22-15-8-4-13(10-19)5-9-15;;/h3-10,12H,1-2H3,(H,21,22,23);2-9,11,23H,1H3,(H,20,21,22);1H;/q;;;+1/p-1. The molecule has 2 heterocycles. The van der Waals surface area contributed by atoms with Crippen molar-refractivity contribution >= 4 is 23.0 Å². The molecule has 10 nitrogen and oxygen atoms in total. The van der Waals surface area contributed by atoms with Crippen LogP contribution in [-0.4, -0.2) is 32.2 Å². The monoisotopic (exact) mass is 752 g/mol. The zero-order valence-corrected chi connectivity index (χ0v) is 29.5. The van der Waals surface area contributed by atoms with Crippen molar-refractivity contribution < 1.29 is 52.7 Å². The van der Waals surface area contributed by atoms with Crippen LogP contribution in [0.3, 0.4) is 0 Å². The fourth-order valence-corrected chi connectivity index (χ4v) is 4.50. The Labute approximate surface area is 314 Å². The van der Waals surface area contributed by atoms with Gasteiger partial charge in [0.25, 0.3) is 0 Å². The second-order valence-electron chi connectivity index (χ2n) is 10.4. The number of ether oxygens (including phenoxy) is 1. The van der Waals surface area contributed by atoms with Gasteiger partial charge >= 0.3 is 18.9 Å². The summed E-state index contributed by atoms with van der Waals surface area (Å²) in [5.41, 5.74) is 8.02. The SMILES string of the molecule is COc1c(Nc2ccc(C#N)cc2)ncnc1-c1ccc(C)cc1.Cc1ccc(-c2ncnc(Nc3ccc(C#N)cc3)c2O)cc1.[I-].[Li+]. The first-order valence-electron chi connectivity index (χ1n) is 14.5. The minimum Gasteiger partial charge on any atom is -1.00 e. The average molecular weight is 753 g/mol. The molecule has 0 aliphatic rings. The van der Waals surface area contributed by atoms with Crippen molar-refractivity contribution in [2.45, 2.75) is 13.8 Å². The molecule has 0 saturated carbocycles. The summed E-state index contributed by atoms with van der Waals surface area (Å²) in [6.45, 7) is 4.04. The summed E-state index contributed by atoms with van der Waals surface area (Å²) >= 11 is 0. The van der Waals surface area contributed by atoms with Gasteiger partial charge in [0, 0.05) is 22.5 Å². The van der Waals surface area contributed by atoms with Gasteiger partial charge in [0.1, 0.15) is 24.0 Å². The third-order valence-electron chi connectivity index (χ3n) is 7.03. The molecule has 0 aliphatic heterocycles. The summed E-state index contributed by atoms with van der Waals surface area (Å²) in [4.78, 5) is 16.9. The number of aromatic hydroxyl groups is 1. The number of aryl methyl sites for hydroxylation is 2. The molecule has 49 heavy (non-hydrogen) atoms. The molecule has 0 radical (unpaired) electrons. The van der Waals surface area contributed by atoms with Gasteiger partial charge < -0.3 is 44.5 Å². The Kier molecular flexibility index (Phi) is 14.1. The van der Waals surface area contributed by atoms with E-state index in [-0.39, 0.29) is 48.6 Å². The molecule has 0 amide bonds. The molecule has 12 heteroatoms. The van der Waals surface area contributed by atoms with Gasteiger partial charge in [-0.25, -0.2) is 19.9 Å². The van der Waals surface area contributed by atoms with Crippen LogP contribution < -0.4 is 58.2 Å². The van der Waals surface area contributed by atoms with Crippen molar-refractivity contribution in [1.82, 2.24) is 19.9 Å². The van der Waals surface area contributed by atoms with Crippen LogP contribution in [0.1, 0.15) is 22.3 Å². The molecular formula is C37H30ILiN8O2. The number of methoxy groups -OCH3 is 1. The summed E-state index contributed by atoms with van der Waals surface area (Å²) in [5, 5.41) is 34.4. The Morgan fingerprint density at radius 1 is 0.592 bits per heavy atom. The van der Waals surface area contributed by atoms with Crippen LogP contribution in [0.4, 0.5) is 23.0 Å². The molecule has 0 bridgehead atoms. The van der Waals surface area contributed by atoms with Gasteiger partial charge in [0.05, 0.1) is 30.4 Å². The van der Waals surface area contributed by atoms with Crippen molar-refractivity contribution in [1.29, 1.82) is 10.5 Å². The normalized spacial score (nSPS) is 9.65. The molecule has 0 atom stereocenters. The number of rotatable bonds is 7. The molecule has 238 valence electrons. The number of nitrogens with one attached hydrogen (secondary N) is 2. The molecule has 4 aromatic carbocycles.